The fourth-order valence-electron chi connectivity index (χ4n) is 2.72. The lowest BCUT2D eigenvalue weighted by molar-refractivity contribution is -0.0583. The van der Waals surface area contributed by atoms with Crippen LogP contribution in [0.5, 0.6) is 0 Å². The highest BCUT2D eigenvalue weighted by Crippen LogP contribution is 2.18. The van der Waals surface area contributed by atoms with Gasteiger partial charge in [-0.15, -0.1) is 6.58 Å². The molecule has 1 N–H and O–H groups in total. The maximum atomic E-state index is 10.2. The first kappa shape index (κ1) is 19.6. The molecule has 0 aliphatic carbocycles. The van der Waals surface area contributed by atoms with Gasteiger partial charge in [0.25, 0.3) is 0 Å². The second-order valence-corrected chi connectivity index (χ2v) is 7.42. The molecule has 2 atom stereocenters. The minimum absolute atomic E-state index is 0.00843. The monoisotopic (exact) mass is 346 g/mol. The number of oxime groups is 1. The highest BCUT2D eigenvalue weighted by Gasteiger charge is 2.25. The molecule has 0 spiro atoms. The zero-order valence-corrected chi connectivity index (χ0v) is 15.5. The van der Waals surface area contributed by atoms with Gasteiger partial charge in [0, 0.05) is 26.1 Å². The quantitative estimate of drug-likeness (QED) is 0.699. The Labute approximate surface area is 150 Å². The molecule has 0 radical (unpaired) electrons. The summed E-state index contributed by atoms with van der Waals surface area (Å²) in [6, 6.07) is 10.1. The number of rotatable bonds is 9. The Hall–Kier alpha value is -1.69. The van der Waals surface area contributed by atoms with E-state index in [1.54, 1.807) is 0 Å². The molecule has 0 aromatic heterocycles. The summed E-state index contributed by atoms with van der Waals surface area (Å²) in [7, 11) is 0. The smallest absolute Gasteiger partial charge is 0.145 e. The number of benzene rings is 1. The molecular weight excluding hydrogens is 316 g/mol. The van der Waals surface area contributed by atoms with Crippen molar-refractivity contribution in [1.82, 2.24) is 4.90 Å². The van der Waals surface area contributed by atoms with Crippen molar-refractivity contribution in [2.75, 3.05) is 26.2 Å². The van der Waals surface area contributed by atoms with E-state index in [0.29, 0.717) is 26.2 Å². The molecule has 5 nitrogen and oxygen atoms in total. The number of aliphatic hydroxyl groups is 1. The molecule has 1 aliphatic heterocycles. The van der Waals surface area contributed by atoms with Gasteiger partial charge in [0.2, 0.25) is 0 Å². The van der Waals surface area contributed by atoms with Crippen LogP contribution < -0.4 is 0 Å². The number of hydrogen-bond donors (Lipinski definition) is 1. The lowest BCUT2D eigenvalue weighted by atomic mass is 10.0. The molecule has 1 aromatic rings. The van der Waals surface area contributed by atoms with Gasteiger partial charge in [-0.1, -0.05) is 41.6 Å². The van der Waals surface area contributed by atoms with E-state index < -0.39 is 6.10 Å². The molecule has 0 amide bonds. The minimum atomic E-state index is -0.546. The molecule has 1 aromatic carbocycles. The van der Waals surface area contributed by atoms with Crippen molar-refractivity contribution in [3.05, 3.63) is 48.6 Å². The van der Waals surface area contributed by atoms with Gasteiger partial charge in [-0.2, -0.15) is 0 Å². The molecule has 1 aliphatic rings. The van der Waals surface area contributed by atoms with Gasteiger partial charge in [0.05, 0.1) is 24.0 Å². The molecule has 0 bridgehead atoms. The summed E-state index contributed by atoms with van der Waals surface area (Å²) < 4.78 is 5.66. The second-order valence-electron chi connectivity index (χ2n) is 7.42. The van der Waals surface area contributed by atoms with E-state index in [1.807, 2.05) is 57.2 Å². The Morgan fingerprint density at radius 3 is 2.76 bits per heavy atom. The third-order valence-corrected chi connectivity index (χ3v) is 3.87. The van der Waals surface area contributed by atoms with E-state index in [1.165, 1.54) is 0 Å². The van der Waals surface area contributed by atoms with Crippen LogP contribution in [0.25, 0.3) is 0 Å². The summed E-state index contributed by atoms with van der Waals surface area (Å²) in [5, 5.41) is 14.5. The van der Waals surface area contributed by atoms with Crippen LogP contribution in [0.4, 0.5) is 0 Å². The first-order valence-electron chi connectivity index (χ1n) is 8.81. The molecule has 138 valence electrons. The van der Waals surface area contributed by atoms with Crippen molar-refractivity contribution in [1.29, 1.82) is 0 Å². The summed E-state index contributed by atoms with van der Waals surface area (Å²) in [4.78, 5) is 7.71. The average molecular weight is 346 g/mol. The van der Waals surface area contributed by atoms with Crippen molar-refractivity contribution in [3.8, 4) is 0 Å². The van der Waals surface area contributed by atoms with Gasteiger partial charge in [0.15, 0.2) is 0 Å². The topological polar surface area (TPSA) is 54.3 Å². The largest absolute Gasteiger partial charge is 0.390 e. The molecule has 25 heavy (non-hydrogen) atoms. The van der Waals surface area contributed by atoms with E-state index in [2.05, 4.69) is 16.6 Å². The maximum Gasteiger partial charge on any atom is 0.145 e. The van der Waals surface area contributed by atoms with E-state index >= 15 is 0 Å². The van der Waals surface area contributed by atoms with Crippen LogP contribution in [0.3, 0.4) is 0 Å². The molecular formula is C20H30N2O3. The highest BCUT2D eigenvalue weighted by molar-refractivity contribution is 6.01. The fraction of sp³-hybridized carbons (Fsp3) is 0.550. The number of nitrogens with zero attached hydrogens (tertiary/aromatic N) is 2. The van der Waals surface area contributed by atoms with Crippen LogP contribution in [0.15, 0.2) is 48.1 Å². The Morgan fingerprint density at radius 1 is 1.40 bits per heavy atom. The van der Waals surface area contributed by atoms with E-state index in [-0.39, 0.29) is 11.7 Å². The molecule has 0 unspecified atom stereocenters. The Morgan fingerprint density at radius 2 is 2.12 bits per heavy atom. The molecule has 0 fully saturated rings. The van der Waals surface area contributed by atoms with Crippen LogP contribution in [0.2, 0.25) is 0 Å². The van der Waals surface area contributed by atoms with Crippen molar-refractivity contribution in [2.45, 2.75) is 45.0 Å². The predicted molar refractivity (Wildman–Crippen MR) is 101 cm³/mol. The maximum absolute atomic E-state index is 10.2. The van der Waals surface area contributed by atoms with Crippen molar-refractivity contribution >= 4 is 5.71 Å². The van der Waals surface area contributed by atoms with Gasteiger partial charge in [-0.3, -0.25) is 4.90 Å². The second kappa shape index (κ2) is 9.13. The Bertz CT molecular complexity index is 566. The van der Waals surface area contributed by atoms with Crippen molar-refractivity contribution in [2.24, 2.45) is 5.16 Å². The van der Waals surface area contributed by atoms with Crippen molar-refractivity contribution in [3.63, 3.8) is 0 Å². The van der Waals surface area contributed by atoms with Gasteiger partial charge in [-0.05, 0) is 26.3 Å². The van der Waals surface area contributed by atoms with E-state index in [0.717, 1.165) is 17.7 Å². The third-order valence-electron chi connectivity index (χ3n) is 3.87. The van der Waals surface area contributed by atoms with Crippen LogP contribution in [0, 0.1) is 0 Å². The first-order chi connectivity index (χ1) is 11.9. The zero-order valence-electron chi connectivity index (χ0n) is 15.5. The normalized spacial score (nSPS) is 18.8. The minimum Gasteiger partial charge on any atom is -0.390 e. The van der Waals surface area contributed by atoms with Gasteiger partial charge < -0.3 is 14.7 Å². The summed E-state index contributed by atoms with van der Waals surface area (Å²) in [5.41, 5.74) is 1.82. The summed E-state index contributed by atoms with van der Waals surface area (Å²) >= 11 is 0. The van der Waals surface area contributed by atoms with E-state index in [9.17, 15) is 5.11 Å². The Kier molecular flexibility index (Phi) is 7.17. The summed E-state index contributed by atoms with van der Waals surface area (Å²) in [6.07, 6.45) is 2.05. The number of aliphatic hydroxyl groups excluding tert-OH is 1. The lowest BCUT2D eigenvalue weighted by Gasteiger charge is -2.27. The molecule has 0 saturated carbocycles. The zero-order chi connectivity index (χ0) is 18.3. The predicted octanol–water partition coefficient (Wildman–Crippen LogP) is 2.84. The summed E-state index contributed by atoms with van der Waals surface area (Å²) in [6.45, 7) is 12.0. The average Bonchev–Trinajstić information content (AvgIpc) is 3.02. The van der Waals surface area contributed by atoms with E-state index in [4.69, 9.17) is 9.57 Å². The van der Waals surface area contributed by atoms with Gasteiger partial charge >= 0.3 is 0 Å². The SMILES string of the molecule is C=CCN(C[C@@H](O)COC(C)(C)C)C[C@H]1CC(c2ccccc2)=NO1. The first-order valence-corrected chi connectivity index (χ1v) is 8.81. The fourth-order valence-corrected chi connectivity index (χ4v) is 2.72. The molecule has 2 rings (SSSR count). The van der Waals surface area contributed by atoms with Gasteiger partial charge in [0.1, 0.15) is 6.10 Å². The summed E-state index contributed by atoms with van der Waals surface area (Å²) in [5.74, 6) is 0. The number of hydrogen-bond acceptors (Lipinski definition) is 5. The molecule has 0 saturated heterocycles. The van der Waals surface area contributed by atoms with Gasteiger partial charge in [-0.25, -0.2) is 0 Å². The van der Waals surface area contributed by atoms with Crippen LogP contribution >= 0.6 is 0 Å². The number of ether oxygens (including phenoxy) is 1. The highest BCUT2D eigenvalue weighted by atomic mass is 16.6. The van der Waals surface area contributed by atoms with Crippen LogP contribution in [0.1, 0.15) is 32.8 Å². The molecule has 5 heteroatoms. The standard InChI is InChI=1S/C20H30N2O3/c1-5-11-22(13-17(23)15-24-20(2,3)4)14-18-12-19(21-25-18)16-9-7-6-8-10-16/h5-10,17-18,23H,1,11-15H2,2-4H3/t17-,18-/m1/s1. The van der Waals surface area contributed by atoms with Crippen molar-refractivity contribution < 1.29 is 14.7 Å². The van der Waals surface area contributed by atoms with Crippen LogP contribution in [-0.4, -0.2) is 59.8 Å². The third kappa shape index (κ3) is 6.98. The van der Waals surface area contributed by atoms with Crippen LogP contribution in [-0.2, 0) is 9.57 Å². The lowest BCUT2D eigenvalue weighted by Crippen LogP contribution is -2.40. The molecule has 1 heterocycles. The Balaban J connectivity index is 1.83.